The molecule has 0 spiro atoms. The van der Waals surface area contributed by atoms with Crippen molar-refractivity contribution in [2.45, 2.75) is 32.1 Å². The fourth-order valence-corrected chi connectivity index (χ4v) is 3.39. The van der Waals surface area contributed by atoms with Crippen molar-refractivity contribution in [2.75, 3.05) is 5.75 Å². The molecular formula is C13H16O2S. The van der Waals surface area contributed by atoms with Crippen LogP contribution in [0.5, 0.6) is 0 Å². The lowest BCUT2D eigenvalue weighted by atomic mass is 10.0. The lowest BCUT2D eigenvalue weighted by molar-refractivity contribution is 0.596. The van der Waals surface area contributed by atoms with Crippen LogP contribution in [0.15, 0.2) is 23.1 Å². The van der Waals surface area contributed by atoms with Crippen LogP contribution in [0.2, 0.25) is 0 Å². The molecule has 0 heterocycles. The van der Waals surface area contributed by atoms with E-state index in [-0.39, 0.29) is 5.75 Å². The van der Waals surface area contributed by atoms with Gasteiger partial charge in [0.05, 0.1) is 10.6 Å². The average molecular weight is 236 g/mol. The van der Waals surface area contributed by atoms with Gasteiger partial charge in [-0.3, -0.25) is 0 Å². The van der Waals surface area contributed by atoms with Crippen molar-refractivity contribution >= 4 is 15.4 Å². The van der Waals surface area contributed by atoms with E-state index in [2.05, 4.69) is 12.1 Å². The Bertz CT molecular complexity index is 566. The second-order valence-electron chi connectivity index (χ2n) is 4.28. The summed E-state index contributed by atoms with van der Waals surface area (Å²) >= 11 is 0. The van der Waals surface area contributed by atoms with E-state index in [0.717, 1.165) is 23.1 Å². The topological polar surface area (TPSA) is 34.1 Å². The zero-order valence-corrected chi connectivity index (χ0v) is 10.7. The molecule has 1 aromatic rings. The third-order valence-corrected chi connectivity index (χ3v) is 4.90. The van der Waals surface area contributed by atoms with E-state index in [1.54, 1.807) is 13.0 Å². The molecule has 1 aromatic carbocycles. The maximum absolute atomic E-state index is 12.0. The lowest BCUT2D eigenvalue weighted by Gasteiger charge is -2.11. The van der Waals surface area contributed by atoms with Gasteiger partial charge >= 0.3 is 0 Å². The molecule has 1 aliphatic carbocycles. The first-order valence-corrected chi connectivity index (χ1v) is 7.14. The van der Waals surface area contributed by atoms with Gasteiger partial charge in [-0.2, -0.15) is 0 Å². The fourth-order valence-electron chi connectivity index (χ4n) is 2.14. The second-order valence-corrected chi connectivity index (χ2v) is 6.53. The molecule has 0 saturated carbocycles. The van der Waals surface area contributed by atoms with E-state index in [1.165, 1.54) is 5.57 Å². The molecule has 0 atom stereocenters. The van der Waals surface area contributed by atoms with E-state index in [9.17, 15) is 8.42 Å². The van der Waals surface area contributed by atoms with Crippen molar-refractivity contribution in [1.82, 2.24) is 0 Å². The molecule has 0 fully saturated rings. The maximum atomic E-state index is 12.0. The first-order chi connectivity index (χ1) is 7.45. The van der Waals surface area contributed by atoms with Crippen molar-refractivity contribution in [2.24, 2.45) is 0 Å². The van der Waals surface area contributed by atoms with Crippen molar-refractivity contribution in [3.8, 4) is 0 Å². The molecule has 0 aromatic heterocycles. The number of aryl methyl sites for hydroxylation is 1. The minimum absolute atomic E-state index is 0.169. The zero-order valence-electron chi connectivity index (χ0n) is 9.87. The lowest BCUT2D eigenvalue weighted by Crippen LogP contribution is -2.08. The Hall–Kier alpha value is -1.09. The summed E-state index contributed by atoms with van der Waals surface area (Å²) in [6.07, 6.45) is 2.84. The monoisotopic (exact) mass is 236 g/mol. The second kappa shape index (κ2) is 3.74. The summed E-state index contributed by atoms with van der Waals surface area (Å²) in [5.41, 5.74) is 4.28. The summed E-state index contributed by atoms with van der Waals surface area (Å²) in [7, 11) is -3.10. The molecule has 0 radical (unpaired) electrons. The molecule has 0 amide bonds. The van der Waals surface area contributed by atoms with E-state index >= 15 is 0 Å². The Morgan fingerprint density at radius 2 is 1.94 bits per heavy atom. The molecule has 0 unspecified atom stereocenters. The molecule has 86 valence electrons. The third kappa shape index (κ3) is 1.69. The first kappa shape index (κ1) is 11.4. The van der Waals surface area contributed by atoms with Gasteiger partial charge in [-0.05, 0) is 48.6 Å². The van der Waals surface area contributed by atoms with Gasteiger partial charge in [0.2, 0.25) is 0 Å². The highest BCUT2D eigenvalue weighted by Gasteiger charge is 2.22. The Balaban J connectivity index is 2.72. The van der Waals surface area contributed by atoms with Gasteiger partial charge < -0.3 is 0 Å². The van der Waals surface area contributed by atoms with Crippen molar-refractivity contribution in [3.63, 3.8) is 0 Å². The van der Waals surface area contributed by atoms with Crippen LogP contribution in [0.3, 0.4) is 0 Å². The number of benzene rings is 1. The molecular weight excluding hydrogens is 220 g/mol. The Morgan fingerprint density at radius 1 is 1.25 bits per heavy atom. The normalized spacial score (nSPS) is 14.8. The predicted octanol–water partition coefficient (Wildman–Crippen LogP) is 2.75. The molecule has 2 nitrogen and oxygen atoms in total. The van der Waals surface area contributed by atoms with E-state index in [1.807, 2.05) is 13.8 Å². The van der Waals surface area contributed by atoms with Crippen molar-refractivity contribution in [1.29, 1.82) is 0 Å². The first-order valence-electron chi connectivity index (χ1n) is 5.49. The molecule has 2 rings (SSSR count). The largest absolute Gasteiger partial charge is 0.224 e. The minimum atomic E-state index is -3.10. The Morgan fingerprint density at radius 3 is 2.56 bits per heavy atom. The smallest absolute Gasteiger partial charge is 0.178 e. The highest BCUT2D eigenvalue weighted by atomic mass is 32.2. The standard InChI is InChI=1S/C13H16O2S/c1-4-16(14,15)13-8-9(2)7-12-10(3)5-6-11(12)13/h5,7-8H,4,6H2,1-3H3. The number of sulfone groups is 1. The summed E-state index contributed by atoms with van der Waals surface area (Å²) < 4.78 is 24.0. The molecule has 3 heteroatoms. The van der Waals surface area contributed by atoms with Gasteiger partial charge in [0.25, 0.3) is 0 Å². The number of fused-ring (bicyclic) bond motifs is 1. The quantitative estimate of drug-likeness (QED) is 0.791. The van der Waals surface area contributed by atoms with Crippen LogP contribution in [0.25, 0.3) is 5.57 Å². The van der Waals surface area contributed by atoms with Gasteiger partial charge in [-0.1, -0.05) is 19.1 Å². The maximum Gasteiger partial charge on any atom is 0.178 e. The van der Waals surface area contributed by atoms with Crippen molar-refractivity contribution in [3.05, 3.63) is 34.9 Å². The van der Waals surface area contributed by atoms with E-state index < -0.39 is 9.84 Å². The van der Waals surface area contributed by atoms with Crippen molar-refractivity contribution < 1.29 is 8.42 Å². The van der Waals surface area contributed by atoms with E-state index in [0.29, 0.717) is 4.90 Å². The van der Waals surface area contributed by atoms with Crippen LogP contribution < -0.4 is 0 Å². The van der Waals surface area contributed by atoms with Crippen LogP contribution >= 0.6 is 0 Å². The summed E-state index contributed by atoms with van der Waals surface area (Å²) in [4.78, 5) is 0.526. The minimum Gasteiger partial charge on any atom is -0.224 e. The number of hydrogen-bond acceptors (Lipinski definition) is 2. The highest BCUT2D eigenvalue weighted by Crippen LogP contribution is 2.33. The van der Waals surface area contributed by atoms with Gasteiger partial charge in [0, 0.05) is 0 Å². The van der Waals surface area contributed by atoms with Gasteiger partial charge in [-0.15, -0.1) is 0 Å². The van der Waals surface area contributed by atoms with Crippen LogP contribution in [0.4, 0.5) is 0 Å². The molecule has 0 N–H and O–H groups in total. The van der Waals surface area contributed by atoms with Crippen LogP contribution in [-0.4, -0.2) is 14.2 Å². The third-order valence-electron chi connectivity index (χ3n) is 3.11. The molecule has 16 heavy (non-hydrogen) atoms. The number of hydrogen-bond donors (Lipinski definition) is 0. The summed E-state index contributed by atoms with van der Waals surface area (Å²) in [5, 5.41) is 0. The summed E-state index contributed by atoms with van der Waals surface area (Å²) in [6, 6.07) is 3.87. The van der Waals surface area contributed by atoms with Crippen LogP contribution in [-0.2, 0) is 16.3 Å². The molecule has 0 aliphatic heterocycles. The fraction of sp³-hybridized carbons (Fsp3) is 0.385. The predicted molar refractivity (Wildman–Crippen MR) is 66.3 cm³/mol. The van der Waals surface area contributed by atoms with Gasteiger partial charge in [0.1, 0.15) is 0 Å². The van der Waals surface area contributed by atoms with Crippen LogP contribution in [0, 0.1) is 6.92 Å². The molecule has 1 aliphatic rings. The van der Waals surface area contributed by atoms with Crippen LogP contribution in [0.1, 0.15) is 30.5 Å². The molecule has 0 saturated heterocycles. The molecule has 0 bridgehead atoms. The summed E-state index contributed by atoms with van der Waals surface area (Å²) in [5.74, 6) is 0.169. The van der Waals surface area contributed by atoms with Gasteiger partial charge in [-0.25, -0.2) is 8.42 Å². The van der Waals surface area contributed by atoms with E-state index in [4.69, 9.17) is 0 Å². The Kier molecular flexibility index (Phi) is 2.66. The van der Waals surface area contributed by atoms with Gasteiger partial charge in [0.15, 0.2) is 9.84 Å². The number of allylic oxidation sites excluding steroid dienone is 2. The zero-order chi connectivity index (χ0) is 11.9. The average Bonchev–Trinajstić information content (AvgIpc) is 2.59. The number of rotatable bonds is 2. The highest BCUT2D eigenvalue weighted by molar-refractivity contribution is 7.91. The Labute approximate surface area is 96.9 Å². The summed E-state index contributed by atoms with van der Waals surface area (Å²) in [6.45, 7) is 5.67. The SMILES string of the molecule is CCS(=O)(=O)c1cc(C)cc2c1CC=C2C.